The number of carboxylic acids is 2. The molecule has 0 bridgehead atoms. The number of amides is 4. The molecule has 14 heteroatoms. The topological polar surface area (TPSA) is 222 Å². The van der Waals surface area contributed by atoms with Gasteiger partial charge in [0.05, 0.1) is 12.5 Å². The molecule has 1 rings (SSSR count). The van der Waals surface area contributed by atoms with Crippen LogP contribution in [0, 0.1) is 0 Å². The number of likely N-dealkylation sites (tertiary alicyclic amines) is 1. The average molecular weight is 490 g/mol. The molecule has 1 saturated heterocycles. The first-order chi connectivity index (χ1) is 15.5. The van der Waals surface area contributed by atoms with Crippen molar-refractivity contribution in [3.63, 3.8) is 0 Å². The number of nitrogens with two attached hydrogens (primary N) is 2. The molecular weight excluding hydrogens is 458 g/mol. The number of carbonyl (C=O) groups is 6. The Hall–Kier alpha value is -2.87. The normalized spacial score (nSPS) is 18.1. The van der Waals surface area contributed by atoms with Crippen LogP contribution in [-0.2, 0) is 28.8 Å². The van der Waals surface area contributed by atoms with E-state index in [-0.39, 0.29) is 25.8 Å². The molecule has 33 heavy (non-hydrogen) atoms. The van der Waals surface area contributed by atoms with Crippen molar-refractivity contribution >= 4 is 47.3 Å². The molecule has 4 atom stereocenters. The molecule has 1 aliphatic rings. The second-order valence-corrected chi connectivity index (χ2v) is 8.63. The number of thioether (sulfide) groups is 1. The van der Waals surface area contributed by atoms with Crippen molar-refractivity contribution in [2.45, 2.75) is 62.7 Å². The molecule has 0 spiro atoms. The van der Waals surface area contributed by atoms with E-state index in [0.717, 1.165) is 4.90 Å². The zero-order valence-corrected chi connectivity index (χ0v) is 19.1. The summed E-state index contributed by atoms with van der Waals surface area (Å²) in [6.07, 6.45) is 1.55. The highest BCUT2D eigenvalue weighted by molar-refractivity contribution is 7.98. The van der Waals surface area contributed by atoms with Crippen molar-refractivity contribution in [2.24, 2.45) is 11.5 Å². The zero-order chi connectivity index (χ0) is 25.1. The van der Waals surface area contributed by atoms with E-state index in [4.69, 9.17) is 16.6 Å². The molecule has 1 heterocycles. The summed E-state index contributed by atoms with van der Waals surface area (Å²) in [4.78, 5) is 73.1. The second-order valence-electron chi connectivity index (χ2n) is 7.64. The first-order valence-electron chi connectivity index (χ1n) is 10.4. The minimum atomic E-state index is -1.53. The third-order valence-electron chi connectivity index (χ3n) is 5.10. The van der Waals surface area contributed by atoms with Crippen LogP contribution in [0.1, 0.15) is 38.5 Å². The Morgan fingerprint density at radius 2 is 1.70 bits per heavy atom. The summed E-state index contributed by atoms with van der Waals surface area (Å²) in [7, 11) is 0. The predicted molar refractivity (Wildman–Crippen MR) is 118 cm³/mol. The lowest BCUT2D eigenvalue weighted by Gasteiger charge is -2.28. The number of rotatable bonds is 14. The van der Waals surface area contributed by atoms with Gasteiger partial charge in [0.2, 0.25) is 23.6 Å². The molecule has 0 radical (unpaired) electrons. The van der Waals surface area contributed by atoms with Gasteiger partial charge in [-0.25, -0.2) is 4.79 Å². The fraction of sp³-hybridized carbons (Fsp3) is 0.684. The quantitative estimate of drug-likeness (QED) is 0.155. The Morgan fingerprint density at radius 1 is 1.06 bits per heavy atom. The first-order valence-corrected chi connectivity index (χ1v) is 11.8. The standard InChI is InChI=1S/C19H31N5O8S/c1-33-8-6-10(20)16(28)23-12(9-15(26)27)17(29)22-11(4-5-14(21)25)18(30)24-7-2-3-13(24)19(31)32/h10-13H,2-9,20H2,1H3,(H2,21,25)(H,22,29)(H,23,28)(H,26,27)(H,31,32). The number of hydrogen-bond donors (Lipinski definition) is 6. The van der Waals surface area contributed by atoms with Crippen molar-refractivity contribution in [2.75, 3.05) is 18.6 Å². The van der Waals surface area contributed by atoms with Crippen LogP contribution in [-0.4, -0.2) is 93.4 Å². The SMILES string of the molecule is CSCCC(N)C(=O)NC(CC(=O)O)C(=O)NC(CCC(N)=O)C(=O)N1CCCC1C(=O)O. The van der Waals surface area contributed by atoms with E-state index in [1.54, 1.807) is 0 Å². The molecule has 4 amide bonds. The maximum atomic E-state index is 13.0. The molecule has 0 aromatic carbocycles. The molecule has 1 aliphatic heterocycles. The van der Waals surface area contributed by atoms with Crippen LogP contribution in [0.3, 0.4) is 0 Å². The van der Waals surface area contributed by atoms with Crippen LogP contribution < -0.4 is 22.1 Å². The number of nitrogens with zero attached hydrogens (tertiary/aromatic N) is 1. The fourth-order valence-electron chi connectivity index (χ4n) is 3.34. The Labute approximate surface area is 195 Å². The maximum Gasteiger partial charge on any atom is 0.326 e. The Morgan fingerprint density at radius 3 is 2.24 bits per heavy atom. The van der Waals surface area contributed by atoms with Gasteiger partial charge in [0.15, 0.2) is 0 Å². The highest BCUT2D eigenvalue weighted by atomic mass is 32.2. The van der Waals surface area contributed by atoms with E-state index in [0.29, 0.717) is 18.6 Å². The number of aliphatic carboxylic acids is 2. The van der Waals surface area contributed by atoms with Gasteiger partial charge in [0.25, 0.3) is 0 Å². The maximum absolute atomic E-state index is 13.0. The smallest absolute Gasteiger partial charge is 0.326 e. The van der Waals surface area contributed by atoms with Crippen molar-refractivity contribution in [1.82, 2.24) is 15.5 Å². The summed E-state index contributed by atoms with van der Waals surface area (Å²) < 4.78 is 0. The molecule has 8 N–H and O–H groups in total. The van der Waals surface area contributed by atoms with Gasteiger partial charge in [-0.1, -0.05) is 0 Å². The van der Waals surface area contributed by atoms with Gasteiger partial charge < -0.3 is 37.2 Å². The molecule has 4 unspecified atom stereocenters. The zero-order valence-electron chi connectivity index (χ0n) is 18.3. The monoisotopic (exact) mass is 489 g/mol. The van der Waals surface area contributed by atoms with E-state index in [1.165, 1.54) is 11.8 Å². The highest BCUT2D eigenvalue weighted by Gasteiger charge is 2.38. The van der Waals surface area contributed by atoms with Crippen LogP contribution in [0.4, 0.5) is 0 Å². The van der Waals surface area contributed by atoms with Crippen molar-refractivity contribution in [3.8, 4) is 0 Å². The van der Waals surface area contributed by atoms with Gasteiger partial charge in [-0.05, 0) is 37.7 Å². The average Bonchev–Trinajstić information content (AvgIpc) is 3.23. The Kier molecular flexibility index (Phi) is 11.6. The van der Waals surface area contributed by atoms with Crippen molar-refractivity contribution in [3.05, 3.63) is 0 Å². The Bertz CT molecular complexity index is 764. The van der Waals surface area contributed by atoms with Gasteiger partial charge in [-0.3, -0.25) is 24.0 Å². The lowest BCUT2D eigenvalue weighted by atomic mass is 10.1. The molecule has 0 aromatic heterocycles. The third kappa shape index (κ3) is 9.26. The molecular formula is C19H31N5O8S. The lowest BCUT2D eigenvalue weighted by Crippen LogP contribution is -2.57. The van der Waals surface area contributed by atoms with E-state index >= 15 is 0 Å². The predicted octanol–water partition coefficient (Wildman–Crippen LogP) is -2.15. The number of nitrogens with one attached hydrogen (secondary N) is 2. The molecule has 0 saturated carbocycles. The first kappa shape index (κ1) is 28.2. The minimum absolute atomic E-state index is 0.151. The number of carbonyl (C=O) groups excluding carboxylic acids is 4. The Balaban J connectivity index is 3.00. The van der Waals surface area contributed by atoms with Gasteiger partial charge in [-0.2, -0.15) is 11.8 Å². The van der Waals surface area contributed by atoms with Gasteiger partial charge in [0, 0.05) is 13.0 Å². The van der Waals surface area contributed by atoms with Crippen LogP contribution in [0.25, 0.3) is 0 Å². The highest BCUT2D eigenvalue weighted by Crippen LogP contribution is 2.19. The van der Waals surface area contributed by atoms with E-state index in [2.05, 4.69) is 10.6 Å². The lowest BCUT2D eigenvalue weighted by molar-refractivity contribution is -0.150. The number of carboxylic acid groups (broad SMARTS) is 2. The second kappa shape index (κ2) is 13.6. The van der Waals surface area contributed by atoms with Gasteiger partial charge in [0.1, 0.15) is 18.1 Å². The summed E-state index contributed by atoms with van der Waals surface area (Å²) in [5.74, 6) is -5.17. The molecule has 0 aliphatic carbocycles. The van der Waals surface area contributed by atoms with Crippen LogP contribution in [0.5, 0.6) is 0 Å². The van der Waals surface area contributed by atoms with Crippen LogP contribution in [0.15, 0.2) is 0 Å². The number of primary amides is 1. The van der Waals surface area contributed by atoms with E-state index in [9.17, 15) is 33.9 Å². The number of hydrogen-bond acceptors (Lipinski definition) is 8. The molecule has 13 nitrogen and oxygen atoms in total. The van der Waals surface area contributed by atoms with Crippen LogP contribution >= 0.6 is 11.8 Å². The van der Waals surface area contributed by atoms with Crippen molar-refractivity contribution in [1.29, 1.82) is 0 Å². The molecule has 0 aromatic rings. The summed E-state index contributed by atoms with van der Waals surface area (Å²) in [5.41, 5.74) is 10.9. The van der Waals surface area contributed by atoms with Crippen molar-refractivity contribution < 1.29 is 39.0 Å². The van der Waals surface area contributed by atoms with Gasteiger partial charge >= 0.3 is 11.9 Å². The fourth-order valence-corrected chi connectivity index (χ4v) is 3.83. The summed E-state index contributed by atoms with van der Waals surface area (Å²) >= 11 is 1.46. The molecule has 186 valence electrons. The third-order valence-corrected chi connectivity index (χ3v) is 5.74. The minimum Gasteiger partial charge on any atom is -0.481 e. The van der Waals surface area contributed by atoms with E-state index in [1.807, 2.05) is 6.26 Å². The van der Waals surface area contributed by atoms with Crippen LogP contribution in [0.2, 0.25) is 0 Å². The largest absolute Gasteiger partial charge is 0.481 e. The summed E-state index contributed by atoms with van der Waals surface area (Å²) in [5, 5.41) is 23.1. The molecule has 1 fully saturated rings. The van der Waals surface area contributed by atoms with Gasteiger partial charge in [-0.15, -0.1) is 0 Å². The van der Waals surface area contributed by atoms with E-state index < -0.39 is 66.2 Å². The summed E-state index contributed by atoms with van der Waals surface area (Å²) in [6, 6.07) is -4.90. The summed E-state index contributed by atoms with van der Waals surface area (Å²) in [6.45, 7) is 0.151.